The van der Waals surface area contributed by atoms with Gasteiger partial charge >= 0.3 is 0 Å². The van der Waals surface area contributed by atoms with E-state index in [0.717, 1.165) is 13.0 Å². The minimum atomic E-state index is -0.0181. The van der Waals surface area contributed by atoms with Crippen LogP contribution in [0.25, 0.3) is 0 Å². The van der Waals surface area contributed by atoms with Crippen molar-refractivity contribution in [2.45, 2.75) is 18.5 Å². The summed E-state index contributed by atoms with van der Waals surface area (Å²) in [5, 5.41) is 0. The quantitative estimate of drug-likeness (QED) is 0.702. The smallest absolute Gasteiger partial charge is 0.289 e. The Kier molecular flexibility index (Phi) is 1.50. The lowest BCUT2D eigenvalue weighted by molar-refractivity contribution is 0.0706. The van der Waals surface area contributed by atoms with Gasteiger partial charge < -0.3 is 15.1 Å². The minimum Gasteiger partial charge on any atom is -0.459 e. The molecule has 0 radical (unpaired) electrons. The average Bonchev–Trinajstić information content (AvgIpc) is 2.89. The predicted molar refractivity (Wildman–Crippen MR) is 49.6 cm³/mol. The predicted octanol–water partition coefficient (Wildman–Crippen LogP) is 0.451. The molecule has 1 aromatic heterocycles. The molecule has 0 spiro atoms. The summed E-state index contributed by atoms with van der Waals surface area (Å²) in [4.78, 5) is 13.7. The van der Waals surface area contributed by atoms with Crippen LogP contribution in [-0.4, -0.2) is 29.4 Å². The first kappa shape index (κ1) is 8.05. The third kappa shape index (κ3) is 0.889. The van der Waals surface area contributed by atoms with Crippen LogP contribution in [0.3, 0.4) is 0 Å². The molecule has 2 aliphatic heterocycles. The van der Waals surface area contributed by atoms with E-state index in [4.69, 9.17) is 10.2 Å². The zero-order chi connectivity index (χ0) is 9.71. The molecule has 4 rings (SSSR count). The SMILES string of the molecule is NC1C2CC1N(C(=O)c1ccco1)C2. The normalized spacial score (nSPS) is 34.4. The summed E-state index contributed by atoms with van der Waals surface area (Å²) < 4.78 is 5.08. The highest BCUT2D eigenvalue weighted by atomic mass is 16.3. The monoisotopic (exact) mass is 192 g/mol. The van der Waals surface area contributed by atoms with Gasteiger partial charge in [-0.05, 0) is 24.5 Å². The summed E-state index contributed by atoms with van der Waals surface area (Å²) in [6.45, 7) is 0.797. The molecule has 2 N–H and O–H groups in total. The number of rotatable bonds is 1. The molecule has 2 bridgehead atoms. The Bertz CT molecular complexity index is 360. The first-order valence-corrected chi connectivity index (χ1v) is 4.87. The Morgan fingerprint density at radius 2 is 2.50 bits per heavy atom. The molecule has 3 atom stereocenters. The number of furan rings is 1. The van der Waals surface area contributed by atoms with Crippen molar-refractivity contribution in [3.63, 3.8) is 0 Å². The fourth-order valence-corrected chi connectivity index (χ4v) is 2.44. The van der Waals surface area contributed by atoms with Crippen LogP contribution >= 0.6 is 0 Å². The lowest BCUT2D eigenvalue weighted by Gasteiger charge is -2.32. The van der Waals surface area contributed by atoms with Gasteiger partial charge in [0, 0.05) is 18.6 Å². The highest BCUT2D eigenvalue weighted by molar-refractivity contribution is 5.92. The Hall–Kier alpha value is -1.29. The van der Waals surface area contributed by atoms with Crippen LogP contribution in [0.5, 0.6) is 0 Å². The van der Waals surface area contributed by atoms with Crippen molar-refractivity contribution in [1.82, 2.24) is 4.90 Å². The molecule has 4 nitrogen and oxygen atoms in total. The van der Waals surface area contributed by atoms with Crippen molar-refractivity contribution in [3.05, 3.63) is 24.2 Å². The highest BCUT2D eigenvalue weighted by Crippen LogP contribution is 2.40. The number of amides is 1. The van der Waals surface area contributed by atoms with Gasteiger partial charge in [0.25, 0.3) is 5.91 Å². The van der Waals surface area contributed by atoms with Crippen LogP contribution in [-0.2, 0) is 0 Å². The van der Waals surface area contributed by atoms with Crippen molar-refractivity contribution < 1.29 is 9.21 Å². The van der Waals surface area contributed by atoms with Gasteiger partial charge in [-0.15, -0.1) is 0 Å². The van der Waals surface area contributed by atoms with Crippen LogP contribution in [0.1, 0.15) is 17.0 Å². The summed E-state index contributed by atoms with van der Waals surface area (Å²) in [6.07, 6.45) is 2.58. The standard InChI is InChI=1S/C10H12N2O2/c11-9-6-4-7(9)12(5-6)10(13)8-2-1-3-14-8/h1-3,6-7,9H,4-5,11H2. The first-order valence-electron chi connectivity index (χ1n) is 4.87. The molecule has 3 aliphatic rings. The van der Waals surface area contributed by atoms with E-state index in [2.05, 4.69) is 0 Å². The topological polar surface area (TPSA) is 59.5 Å². The summed E-state index contributed by atoms with van der Waals surface area (Å²) in [5.74, 6) is 0.916. The van der Waals surface area contributed by atoms with Crippen molar-refractivity contribution in [3.8, 4) is 0 Å². The minimum absolute atomic E-state index is 0.0181. The fraction of sp³-hybridized carbons (Fsp3) is 0.500. The maximum Gasteiger partial charge on any atom is 0.289 e. The number of nitrogens with two attached hydrogens (primary N) is 1. The van der Waals surface area contributed by atoms with E-state index < -0.39 is 0 Å². The summed E-state index contributed by atoms with van der Waals surface area (Å²) in [6, 6.07) is 3.86. The molecule has 3 heterocycles. The fourth-order valence-electron chi connectivity index (χ4n) is 2.44. The van der Waals surface area contributed by atoms with Gasteiger partial charge in [-0.2, -0.15) is 0 Å². The third-order valence-electron chi connectivity index (χ3n) is 3.36. The molecule has 3 unspecified atom stereocenters. The number of fused-ring (bicyclic) bond motifs is 1. The zero-order valence-electron chi connectivity index (χ0n) is 7.72. The molecule has 2 saturated heterocycles. The van der Waals surface area contributed by atoms with Gasteiger partial charge in [-0.3, -0.25) is 4.79 Å². The molecule has 1 saturated carbocycles. The molecule has 1 amide bonds. The Morgan fingerprint density at radius 3 is 3.00 bits per heavy atom. The van der Waals surface area contributed by atoms with Crippen molar-refractivity contribution in [2.75, 3.05) is 6.54 Å². The lowest BCUT2D eigenvalue weighted by Crippen LogP contribution is -2.50. The summed E-state index contributed by atoms with van der Waals surface area (Å²) in [7, 11) is 0. The molecule has 0 aromatic carbocycles. The van der Waals surface area contributed by atoms with Gasteiger partial charge in [0.1, 0.15) is 0 Å². The van der Waals surface area contributed by atoms with Gasteiger partial charge in [-0.1, -0.05) is 0 Å². The van der Waals surface area contributed by atoms with E-state index in [1.165, 1.54) is 6.26 Å². The van der Waals surface area contributed by atoms with Gasteiger partial charge in [0.2, 0.25) is 0 Å². The van der Waals surface area contributed by atoms with E-state index in [1.807, 2.05) is 4.90 Å². The molecular weight excluding hydrogens is 180 g/mol. The van der Waals surface area contributed by atoms with E-state index in [0.29, 0.717) is 11.7 Å². The van der Waals surface area contributed by atoms with E-state index in [9.17, 15) is 4.79 Å². The van der Waals surface area contributed by atoms with E-state index in [1.54, 1.807) is 12.1 Å². The second kappa shape index (κ2) is 2.60. The second-order valence-electron chi connectivity index (χ2n) is 4.08. The molecule has 3 fully saturated rings. The molecule has 1 aromatic rings. The summed E-state index contributed by atoms with van der Waals surface area (Å²) in [5.41, 5.74) is 5.89. The number of carbonyl (C=O) groups is 1. The van der Waals surface area contributed by atoms with E-state index >= 15 is 0 Å². The maximum atomic E-state index is 11.9. The Morgan fingerprint density at radius 1 is 1.64 bits per heavy atom. The largest absolute Gasteiger partial charge is 0.459 e. The molecular formula is C10H12N2O2. The number of carbonyl (C=O) groups excluding carboxylic acids is 1. The Labute approximate surface area is 81.7 Å². The van der Waals surface area contributed by atoms with Crippen molar-refractivity contribution in [1.29, 1.82) is 0 Å². The zero-order valence-corrected chi connectivity index (χ0v) is 7.72. The molecule has 1 aliphatic carbocycles. The van der Waals surface area contributed by atoms with Crippen LogP contribution in [0.15, 0.2) is 22.8 Å². The maximum absolute atomic E-state index is 11.9. The second-order valence-corrected chi connectivity index (χ2v) is 4.08. The number of nitrogens with zero attached hydrogens (tertiary/aromatic N) is 1. The highest BCUT2D eigenvalue weighted by Gasteiger charge is 2.52. The summed E-state index contributed by atoms with van der Waals surface area (Å²) >= 11 is 0. The van der Waals surface area contributed by atoms with E-state index in [-0.39, 0.29) is 18.0 Å². The first-order chi connectivity index (χ1) is 6.77. The molecule has 4 heteroatoms. The third-order valence-corrected chi connectivity index (χ3v) is 3.36. The number of hydrogen-bond acceptors (Lipinski definition) is 3. The van der Waals surface area contributed by atoms with Gasteiger partial charge in [0.15, 0.2) is 5.76 Å². The molecule has 14 heavy (non-hydrogen) atoms. The van der Waals surface area contributed by atoms with Crippen molar-refractivity contribution in [2.24, 2.45) is 11.7 Å². The van der Waals surface area contributed by atoms with Crippen LogP contribution in [0, 0.1) is 5.92 Å². The Balaban J connectivity index is 1.82. The number of hydrogen-bond donors (Lipinski definition) is 1. The lowest BCUT2D eigenvalue weighted by atomic mass is 9.81. The van der Waals surface area contributed by atoms with Gasteiger partial charge in [-0.25, -0.2) is 0 Å². The van der Waals surface area contributed by atoms with Crippen LogP contribution in [0.2, 0.25) is 0 Å². The average molecular weight is 192 g/mol. The molecule has 74 valence electrons. The van der Waals surface area contributed by atoms with Crippen LogP contribution < -0.4 is 5.73 Å². The van der Waals surface area contributed by atoms with Crippen LogP contribution in [0.4, 0.5) is 0 Å². The van der Waals surface area contributed by atoms with Crippen molar-refractivity contribution >= 4 is 5.91 Å². The van der Waals surface area contributed by atoms with Gasteiger partial charge in [0.05, 0.1) is 6.26 Å².